The van der Waals surface area contributed by atoms with Crippen molar-refractivity contribution in [2.24, 2.45) is 0 Å². The number of imidazole rings is 1. The zero-order chi connectivity index (χ0) is 58.9. The molecule has 1 N–H and O–H groups in total. The van der Waals surface area contributed by atoms with Gasteiger partial charge in [-0.15, -0.1) is 0 Å². The van der Waals surface area contributed by atoms with Gasteiger partial charge in [-0.1, -0.05) is 228 Å². The number of aromatic amines is 1. The Morgan fingerprint density at radius 3 is 0.739 bits per heavy atom. The van der Waals surface area contributed by atoms with E-state index in [1.807, 2.05) is 0 Å². The standard InChI is InChI=1S/C78H56N4S6/c1-7-19-61(20-8-1)83-67-43-31-55(32-44-67)73-74(56-33-45-68(46-34-56)84-62-21-9-2-10-22-62)80-77(79-73)78-81(59-39-51-71(52-40-59)87-65-27-15-5-16-28-65)75(57-35-47-69(48-36-57)85-63-23-11-3-12-24-63)76(58-37-49-70(50-38-58)86-64-25-13-4-14-26-64)82(78)60-41-53-72(54-42-60)88-66-29-17-6-18-30-66/h1-54,78H,(H,79,80). The van der Waals surface area contributed by atoms with Gasteiger partial charge in [-0.3, -0.25) is 0 Å². The molecule has 0 unspecified atom stereocenters. The molecule has 0 fully saturated rings. The van der Waals surface area contributed by atoms with Gasteiger partial charge >= 0.3 is 0 Å². The molecule has 1 aliphatic heterocycles. The van der Waals surface area contributed by atoms with Crippen molar-refractivity contribution in [3.05, 3.63) is 345 Å². The van der Waals surface area contributed by atoms with Crippen molar-refractivity contribution in [3.63, 3.8) is 0 Å². The second kappa shape index (κ2) is 27.1. The number of nitrogens with zero attached hydrogens (tertiary/aromatic N) is 3. The molecule has 0 amide bonds. The molecule has 0 radical (unpaired) electrons. The predicted octanol–water partition coefficient (Wildman–Crippen LogP) is 23.2. The molecule has 12 aromatic carbocycles. The minimum atomic E-state index is -0.532. The van der Waals surface area contributed by atoms with Gasteiger partial charge in [-0.05, 0) is 170 Å². The molecule has 0 aliphatic carbocycles. The largest absolute Gasteiger partial charge is 0.338 e. The first-order valence-corrected chi connectivity index (χ1v) is 33.9. The van der Waals surface area contributed by atoms with Gasteiger partial charge in [0.25, 0.3) is 0 Å². The van der Waals surface area contributed by atoms with Gasteiger partial charge in [0.05, 0.1) is 22.8 Å². The number of H-pyrrole nitrogens is 1. The number of hydrogen-bond acceptors (Lipinski definition) is 9. The molecule has 1 aromatic heterocycles. The van der Waals surface area contributed by atoms with Crippen LogP contribution < -0.4 is 9.80 Å². The Morgan fingerprint density at radius 1 is 0.239 bits per heavy atom. The monoisotopic (exact) mass is 1240 g/mol. The topological polar surface area (TPSA) is 35.2 Å². The maximum atomic E-state index is 5.93. The summed E-state index contributed by atoms with van der Waals surface area (Å²) in [5.74, 6) is 0.793. The highest BCUT2D eigenvalue weighted by molar-refractivity contribution is 8.00. The maximum Gasteiger partial charge on any atom is 0.170 e. The van der Waals surface area contributed by atoms with Crippen molar-refractivity contribution >= 4 is 93.3 Å². The highest BCUT2D eigenvalue weighted by Gasteiger charge is 2.44. The van der Waals surface area contributed by atoms with Crippen molar-refractivity contribution in [1.29, 1.82) is 0 Å². The van der Waals surface area contributed by atoms with Crippen LogP contribution in [0.25, 0.3) is 33.9 Å². The smallest absolute Gasteiger partial charge is 0.170 e. The average Bonchev–Trinajstić information content (AvgIpc) is 1.63. The Balaban J connectivity index is 0.977. The third-order valence-electron chi connectivity index (χ3n) is 14.8. The zero-order valence-corrected chi connectivity index (χ0v) is 52.4. The minimum absolute atomic E-state index is 0.532. The minimum Gasteiger partial charge on any atom is -0.338 e. The Labute approximate surface area is 540 Å². The summed E-state index contributed by atoms with van der Waals surface area (Å²) < 4.78 is 0. The average molecular weight is 1240 g/mol. The van der Waals surface area contributed by atoms with Gasteiger partial charge in [0.1, 0.15) is 0 Å². The van der Waals surface area contributed by atoms with E-state index in [0.717, 1.165) is 91.6 Å². The fourth-order valence-corrected chi connectivity index (χ4v) is 15.7. The summed E-state index contributed by atoms with van der Waals surface area (Å²) in [6, 6.07) is 118. The summed E-state index contributed by atoms with van der Waals surface area (Å²) in [7, 11) is 0. The van der Waals surface area contributed by atoms with E-state index in [2.05, 4.69) is 342 Å². The first-order valence-electron chi connectivity index (χ1n) is 29.0. The number of nitrogens with one attached hydrogen (secondary N) is 1. The summed E-state index contributed by atoms with van der Waals surface area (Å²) in [4.78, 5) is 29.2. The van der Waals surface area contributed by atoms with Crippen LogP contribution in [-0.4, -0.2) is 9.97 Å². The number of aromatic nitrogens is 2. The van der Waals surface area contributed by atoms with E-state index in [1.54, 1.807) is 70.6 Å². The van der Waals surface area contributed by atoms with Crippen molar-refractivity contribution in [3.8, 4) is 22.5 Å². The summed E-state index contributed by atoms with van der Waals surface area (Å²) in [5.41, 5.74) is 10.2. The van der Waals surface area contributed by atoms with Gasteiger partial charge in [0.2, 0.25) is 0 Å². The first kappa shape index (κ1) is 57.1. The van der Waals surface area contributed by atoms with E-state index in [0.29, 0.717) is 0 Å². The van der Waals surface area contributed by atoms with Crippen molar-refractivity contribution in [2.45, 2.75) is 64.9 Å². The van der Waals surface area contributed by atoms with Gasteiger partial charge in [0.15, 0.2) is 12.0 Å². The molecule has 0 bridgehead atoms. The van der Waals surface area contributed by atoms with E-state index in [9.17, 15) is 0 Å². The summed E-state index contributed by atoms with van der Waals surface area (Å²) in [6.07, 6.45) is -0.532. The van der Waals surface area contributed by atoms with E-state index in [4.69, 9.17) is 4.98 Å². The second-order valence-electron chi connectivity index (χ2n) is 20.7. The van der Waals surface area contributed by atoms with Crippen LogP contribution in [0.3, 0.4) is 0 Å². The quantitative estimate of drug-likeness (QED) is 0.0852. The molecule has 0 saturated heterocycles. The Kier molecular flexibility index (Phi) is 17.6. The molecule has 0 spiro atoms. The number of rotatable bonds is 19. The van der Waals surface area contributed by atoms with Crippen LogP contribution in [0.2, 0.25) is 0 Å². The lowest BCUT2D eigenvalue weighted by Crippen LogP contribution is -2.33. The normalized spacial score (nSPS) is 12.5. The van der Waals surface area contributed by atoms with Gasteiger partial charge in [-0.2, -0.15) is 0 Å². The molecule has 13 aromatic rings. The van der Waals surface area contributed by atoms with Crippen LogP contribution in [0, 0.1) is 0 Å². The third kappa shape index (κ3) is 13.4. The van der Waals surface area contributed by atoms with Crippen LogP contribution >= 0.6 is 70.6 Å². The van der Waals surface area contributed by atoms with Crippen LogP contribution in [0.5, 0.6) is 0 Å². The molecular formula is C78H56N4S6. The maximum absolute atomic E-state index is 5.93. The number of anilines is 2. The zero-order valence-electron chi connectivity index (χ0n) is 47.5. The molecule has 10 heteroatoms. The Bertz CT molecular complexity index is 4140. The SMILES string of the molecule is c1ccc(Sc2ccc(C3=C(c4ccc(Sc5ccccc5)cc4)N(c4ccc(Sc5ccccc5)cc4)C(c4nc(-c5ccc(Sc6ccccc6)cc5)c(-c5ccc(Sc6ccccc6)cc5)[nH]4)N3c3ccc(Sc4ccccc4)cc3)cc2)cc1. The molecule has 14 rings (SSSR count). The van der Waals surface area contributed by atoms with Crippen LogP contribution in [0.4, 0.5) is 11.4 Å². The summed E-state index contributed by atoms with van der Waals surface area (Å²) in [5, 5.41) is 0. The lowest BCUT2D eigenvalue weighted by Gasteiger charge is -2.34. The van der Waals surface area contributed by atoms with Crippen molar-refractivity contribution < 1.29 is 0 Å². The predicted molar refractivity (Wildman–Crippen MR) is 373 cm³/mol. The van der Waals surface area contributed by atoms with E-state index in [-0.39, 0.29) is 0 Å². The number of hydrogen-bond donors (Lipinski definition) is 1. The van der Waals surface area contributed by atoms with Crippen LogP contribution in [0.1, 0.15) is 23.1 Å². The van der Waals surface area contributed by atoms with Gasteiger partial charge < -0.3 is 14.8 Å². The highest BCUT2D eigenvalue weighted by Crippen LogP contribution is 2.53. The molecule has 424 valence electrons. The Hall–Kier alpha value is -8.71. The summed E-state index contributed by atoms with van der Waals surface area (Å²) >= 11 is 10.6. The van der Waals surface area contributed by atoms with Crippen molar-refractivity contribution in [2.75, 3.05) is 9.80 Å². The van der Waals surface area contributed by atoms with Crippen molar-refractivity contribution in [1.82, 2.24) is 9.97 Å². The molecule has 4 nitrogen and oxygen atoms in total. The van der Waals surface area contributed by atoms with E-state index < -0.39 is 6.17 Å². The first-order chi connectivity index (χ1) is 43.6. The molecule has 0 saturated carbocycles. The molecule has 1 aliphatic rings. The fraction of sp³-hybridized carbons (Fsp3) is 0.0128. The van der Waals surface area contributed by atoms with E-state index in [1.165, 1.54) is 29.4 Å². The lowest BCUT2D eigenvalue weighted by atomic mass is 10.0. The molecule has 2 heterocycles. The Morgan fingerprint density at radius 2 is 0.466 bits per heavy atom. The summed E-state index contributed by atoms with van der Waals surface area (Å²) in [6.45, 7) is 0. The fourth-order valence-electron chi connectivity index (χ4n) is 10.7. The molecule has 88 heavy (non-hydrogen) atoms. The van der Waals surface area contributed by atoms with Crippen LogP contribution in [-0.2, 0) is 0 Å². The van der Waals surface area contributed by atoms with Crippen LogP contribution in [0.15, 0.2) is 386 Å². The second-order valence-corrected chi connectivity index (χ2v) is 27.6. The molecule has 0 atom stereocenters. The van der Waals surface area contributed by atoms with Gasteiger partial charge in [0, 0.05) is 92.4 Å². The number of benzene rings is 12. The van der Waals surface area contributed by atoms with Gasteiger partial charge in [-0.25, -0.2) is 4.98 Å². The highest BCUT2D eigenvalue weighted by atomic mass is 32.2. The third-order valence-corrected chi connectivity index (χ3v) is 20.9. The molecular weight excluding hydrogens is 1190 g/mol. The lowest BCUT2D eigenvalue weighted by molar-refractivity contribution is 0.699. The van der Waals surface area contributed by atoms with E-state index >= 15 is 0 Å².